The number of anilines is 1. The van der Waals surface area contributed by atoms with Crippen molar-refractivity contribution in [2.75, 3.05) is 5.73 Å². The van der Waals surface area contributed by atoms with E-state index in [1.165, 1.54) is 12.8 Å². The summed E-state index contributed by atoms with van der Waals surface area (Å²) in [4.78, 5) is 11.6. The summed E-state index contributed by atoms with van der Waals surface area (Å²) in [6.07, 6.45) is 5.82. The number of carbonyl (C=O) groups is 1. The van der Waals surface area contributed by atoms with E-state index in [0.29, 0.717) is 11.6 Å². The van der Waals surface area contributed by atoms with Crippen molar-refractivity contribution in [3.8, 4) is 0 Å². The first-order chi connectivity index (χ1) is 8.15. The Balaban J connectivity index is 1.88. The quantitative estimate of drug-likeness (QED) is 0.615. The van der Waals surface area contributed by atoms with Crippen molar-refractivity contribution in [3.05, 3.63) is 35.9 Å². The Bertz CT molecular complexity index is 436. The fourth-order valence-corrected chi connectivity index (χ4v) is 1.82. The van der Waals surface area contributed by atoms with E-state index >= 15 is 0 Å². The Morgan fingerprint density at radius 2 is 2.29 bits per heavy atom. The van der Waals surface area contributed by atoms with Crippen LogP contribution in [0.5, 0.6) is 0 Å². The molecule has 0 aromatic heterocycles. The van der Waals surface area contributed by atoms with Crippen LogP contribution in [-0.2, 0) is 4.79 Å². The van der Waals surface area contributed by atoms with Crippen molar-refractivity contribution < 1.29 is 4.79 Å². The summed E-state index contributed by atoms with van der Waals surface area (Å²) in [6, 6.07) is 7.75. The molecule has 1 unspecified atom stereocenters. The Kier molecular flexibility index (Phi) is 3.47. The molecule has 0 saturated heterocycles. The standard InChI is InChI=1S/C14H18N2O/c1-10(12-6-7-12)16-14(17)8-5-11-3-2-4-13(15)9-11/h2-5,8-10,12H,6-7,15H2,1H3,(H,16,17)/b8-5+. The number of amides is 1. The molecule has 3 heteroatoms. The van der Waals surface area contributed by atoms with Crippen molar-refractivity contribution in [1.29, 1.82) is 0 Å². The molecular formula is C14H18N2O. The maximum atomic E-state index is 11.6. The molecule has 17 heavy (non-hydrogen) atoms. The minimum absolute atomic E-state index is 0.0353. The van der Waals surface area contributed by atoms with Crippen LogP contribution in [0.15, 0.2) is 30.3 Å². The molecular weight excluding hydrogens is 212 g/mol. The van der Waals surface area contributed by atoms with Gasteiger partial charge in [0.15, 0.2) is 0 Å². The third kappa shape index (κ3) is 3.63. The first kappa shape index (κ1) is 11.7. The maximum absolute atomic E-state index is 11.6. The first-order valence-corrected chi connectivity index (χ1v) is 5.99. The maximum Gasteiger partial charge on any atom is 0.244 e. The van der Waals surface area contributed by atoms with E-state index in [1.54, 1.807) is 12.2 Å². The average Bonchev–Trinajstić information content (AvgIpc) is 3.10. The third-order valence-electron chi connectivity index (χ3n) is 3.04. The second kappa shape index (κ2) is 5.04. The lowest BCUT2D eigenvalue weighted by Gasteiger charge is -2.10. The van der Waals surface area contributed by atoms with Crippen molar-refractivity contribution in [2.45, 2.75) is 25.8 Å². The highest BCUT2D eigenvalue weighted by molar-refractivity contribution is 5.92. The molecule has 0 spiro atoms. The van der Waals surface area contributed by atoms with Gasteiger partial charge >= 0.3 is 0 Å². The zero-order valence-corrected chi connectivity index (χ0v) is 10.0. The minimum Gasteiger partial charge on any atom is -0.399 e. The SMILES string of the molecule is CC(NC(=O)/C=C/c1cccc(N)c1)C1CC1. The summed E-state index contributed by atoms with van der Waals surface area (Å²) in [7, 11) is 0. The van der Waals surface area contributed by atoms with Crippen LogP contribution in [0.1, 0.15) is 25.3 Å². The molecule has 1 atom stereocenters. The van der Waals surface area contributed by atoms with Crippen LogP contribution < -0.4 is 11.1 Å². The molecule has 1 amide bonds. The molecule has 3 N–H and O–H groups in total. The van der Waals surface area contributed by atoms with Gasteiger partial charge in [0.1, 0.15) is 0 Å². The van der Waals surface area contributed by atoms with Crippen molar-refractivity contribution in [2.24, 2.45) is 5.92 Å². The lowest BCUT2D eigenvalue weighted by atomic mass is 10.2. The molecule has 1 fully saturated rings. The summed E-state index contributed by atoms with van der Waals surface area (Å²) in [6.45, 7) is 2.06. The van der Waals surface area contributed by atoms with E-state index < -0.39 is 0 Å². The molecule has 1 aliphatic rings. The van der Waals surface area contributed by atoms with E-state index in [1.807, 2.05) is 24.3 Å². The molecule has 1 aromatic carbocycles. The molecule has 3 nitrogen and oxygen atoms in total. The molecule has 90 valence electrons. The largest absolute Gasteiger partial charge is 0.399 e. The van der Waals surface area contributed by atoms with E-state index in [9.17, 15) is 4.79 Å². The smallest absolute Gasteiger partial charge is 0.244 e. The van der Waals surface area contributed by atoms with Crippen LogP contribution in [0.4, 0.5) is 5.69 Å². The number of hydrogen-bond donors (Lipinski definition) is 2. The first-order valence-electron chi connectivity index (χ1n) is 5.99. The fourth-order valence-electron chi connectivity index (χ4n) is 1.82. The monoisotopic (exact) mass is 230 g/mol. The Morgan fingerprint density at radius 3 is 2.94 bits per heavy atom. The predicted octanol–water partition coefficient (Wildman–Crippen LogP) is 2.20. The van der Waals surface area contributed by atoms with Gasteiger partial charge < -0.3 is 11.1 Å². The topological polar surface area (TPSA) is 55.1 Å². The number of nitrogens with one attached hydrogen (secondary N) is 1. The lowest BCUT2D eigenvalue weighted by Crippen LogP contribution is -2.32. The van der Waals surface area contributed by atoms with Gasteiger partial charge in [0.2, 0.25) is 5.91 Å². The van der Waals surface area contributed by atoms with Crippen molar-refractivity contribution in [3.63, 3.8) is 0 Å². The van der Waals surface area contributed by atoms with E-state index in [0.717, 1.165) is 5.56 Å². The third-order valence-corrected chi connectivity index (χ3v) is 3.04. The molecule has 1 aliphatic carbocycles. The van der Waals surface area contributed by atoms with Crippen molar-refractivity contribution >= 4 is 17.7 Å². The highest BCUT2D eigenvalue weighted by atomic mass is 16.1. The zero-order valence-electron chi connectivity index (χ0n) is 10.0. The normalized spacial score (nSPS) is 17.0. The summed E-state index contributed by atoms with van der Waals surface area (Å²) >= 11 is 0. The van der Waals surface area contributed by atoms with Gasteiger partial charge in [0.25, 0.3) is 0 Å². The van der Waals surface area contributed by atoms with Crippen molar-refractivity contribution in [1.82, 2.24) is 5.32 Å². The van der Waals surface area contributed by atoms with Crippen LogP contribution in [0.3, 0.4) is 0 Å². The number of hydrogen-bond acceptors (Lipinski definition) is 2. The predicted molar refractivity (Wildman–Crippen MR) is 70.2 cm³/mol. The van der Waals surface area contributed by atoms with Gasteiger partial charge in [-0.3, -0.25) is 4.79 Å². The zero-order chi connectivity index (χ0) is 12.3. The number of benzene rings is 1. The molecule has 2 rings (SSSR count). The lowest BCUT2D eigenvalue weighted by molar-refractivity contribution is -0.117. The van der Waals surface area contributed by atoms with Crippen LogP contribution in [-0.4, -0.2) is 11.9 Å². The fraction of sp³-hybridized carbons (Fsp3) is 0.357. The summed E-state index contributed by atoms with van der Waals surface area (Å²) in [5.41, 5.74) is 7.31. The van der Waals surface area contributed by atoms with Gasteiger partial charge in [-0.25, -0.2) is 0 Å². The summed E-state index contributed by atoms with van der Waals surface area (Å²) < 4.78 is 0. The van der Waals surface area contributed by atoms with E-state index in [4.69, 9.17) is 5.73 Å². The van der Waals surface area contributed by atoms with Gasteiger partial charge in [-0.1, -0.05) is 12.1 Å². The second-order valence-electron chi connectivity index (χ2n) is 4.64. The van der Waals surface area contributed by atoms with E-state index in [-0.39, 0.29) is 11.9 Å². The van der Waals surface area contributed by atoms with Crippen LogP contribution in [0, 0.1) is 5.92 Å². The average molecular weight is 230 g/mol. The van der Waals surface area contributed by atoms with Gasteiger partial charge in [-0.05, 0) is 49.5 Å². The Labute approximate surface area is 102 Å². The molecule has 1 saturated carbocycles. The van der Waals surface area contributed by atoms with Gasteiger partial charge in [0.05, 0.1) is 0 Å². The molecule has 0 radical (unpaired) electrons. The second-order valence-corrected chi connectivity index (χ2v) is 4.64. The van der Waals surface area contributed by atoms with Crippen LogP contribution in [0.2, 0.25) is 0 Å². The van der Waals surface area contributed by atoms with Gasteiger partial charge in [0, 0.05) is 17.8 Å². The van der Waals surface area contributed by atoms with Gasteiger partial charge in [-0.15, -0.1) is 0 Å². The van der Waals surface area contributed by atoms with E-state index in [2.05, 4.69) is 12.2 Å². The molecule has 1 aromatic rings. The molecule has 0 bridgehead atoms. The highest BCUT2D eigenvalue weighted by Crippen LogP contribution is 2.32. The number of carbonyl (C=O) groups excluding carboxylic acids is 1. The summed E-state index contributed by atoms with van der Waals surface area (Å²) in [5, 5.41) is 2.97. The molecule has 0 heterocycles. The number of nitrogens with two attached hydrogens (primary N) is 1. The highest BCUT2D eigenvalue weighted by Gasteiger charge is 2.28. The number of nitrogen functional groups attached to an aromatic ring is 1. The van der Waals surface area contributed by atoms with Crippen LogP contribution >= 0.6 is 0 Å². The van der Waals surface area contributed by atoms with Gasteiger partial charge in [-0.2, -0.15) is 0 Å². The molecule has 0 aliphatic heterocycles. The Morgan fingerprint density at radius 1 is 1.53 bits per heavy atom. The van der Waals surface area contributed by atoms with Crippen LogP contribution in [0.25, 0.3) is 6.08 Å². The minimum atomic E-state index is -0.0353. The summed E-state index contributed by atoms with van der Waals surface area (Å²) in [5.74, 6) is 0.645. The number of rotatable bonds is 4. The Hall–Kier alpha value is -1.77.